The number of hydrogen-bond donors (Lipinski definition) is 0. The van der Waals surface area contributed by atoms with E-state index in [2.05, 4.69) is 0 Å². The van der Waals surface area contributed by atoms with Crippen molar-refractivity contribution in [3.63, 3.8) is 0 Å². The van der Waals surface area contributed by atoms with Crippen LogP contribution in [0.25, 0.3) is 0 Å². The Labute approximate surface area is 174 Å². The molecule has 1 aromatic heterocycles. The Morgan fingerprint density at radius 3 is 2.60 bits per heavy atom. The van der Waals surface area contributed by atoms with Crippen LogP contribution in [0.15, 0.2) is 70.2 Å². The SMILES string of the molecule is CC(=O)N1CCCc2cc(S(=O)(=O)N(Cc3ccco3)c3ccc(F)cc3)ccc21. The van der Waals surface area contributed by atoms with E-state index in [0.29, 0.717) is 24.4 Å². The van der Waals surface area contributed by atoms with Crippen LogP contribution in [-0.4, -0.2) is 20.9 Å². The van der Waals surface area contributed by atoms with E-state index in [0.717, 1.165) is 17.7 Å². The van der Waals surface area contributed by atoms with Crippen molar-refractivity contribution in [2.75, 3.05) is 15.7 Å². The van der Waals surface area contributed by atoms with Crippen molar-refractivity contribution in [1.82, 2.24) is 0 Å². The first-order valence-electron chi connectivity index (χ1n) is 9.58. The van der Waals surface area contributed by atoms with Gasteiger partial charge in [0.05, 0.1) is 23.4 Å². The predicted octanol–water partition coefficient (Wildman–Crippen LogP) is 4.11. The van der Waals surface area contributed by atoms with E-state index in [1.54, 1.807) is 29.2 Å². The fraction of sp³-hybridized carbons (Fsp3) is 0.227. The monoisotopic (exact) mass is 428 g/mol. The lowest BCUT2D eigenvalue weighted by molar-refractivity contribution is -0.116. The Hall–Kier alpha value is -3.13. The molecule has 0 radical (unpaired) electrons. The Morgan fingerprint density at radius 1 is 1.17 bits per heavy atom. The maximum absolute atomic E-state index is 13.6. The van der Waals surface area contributed by atoms with E-state index in [-0.39, 0.29) is 17.3 Å². The molecule has 0 saturated heterocycles. The van der Waals surface area contributed by atoms with Gasteiger partial charge in [-0.25, -0.2) is 12.8 Å². The number of halogens is 1. The molecule has 0 fully saturated rings. The molecule has 1 amide bonds. The number of anilines is 2. The highest BCUT2D eigenvalue weighted by Gasteiger charge is 2.28. The molecule has 0 saturated carbocycles. The van der Waals surface area contributed by atoms with Crippen molar-refractivity contribution in [2.24, 2.45) is 0 Å². The first kappa shape index (κ1) is 20.2. The fourth-order valence-electron chi connectivity index (χ4n) is 3.65. The molecule has 0 aliphatic carbocycles. The normalized spacial score (nSPS) is 13.7. The average molecular weight is 428 g/mol. The van der Waals surface area contributed by atoms with Crippen LogP contribution in [0, 0.1) is 5.82 Å². The van der Waals surface area contributed by atoms with Gasteiger partial charge in [0.1, 0.15) is 11.6 Å². The van der Waals surface area contributed by atoms with Crippen molar-refractivity contribution in [3.8, 4) is 0 Å². The molecule has 6 nitrogen and oxygen atoms in total. The Kier molecular flexibility index (Phi) is 5.34. The summed E-state index contributed by atoms with van der Waals surface area (Å²) in [6, 6.07) is 13.5. The van der Waals surface area contributed by atoms with Crippen LogP contribution in [-0.2, 0) is 27.8 Å². The third kappa shape index (κ3) is 3.82. The Bertz CT molecular complexity index is 1160. The summed E-state index contributed by atoms with van der Waals surface area (Å²) >= 11 is 0. The van der Waals surface area contributed by atoms with Gasteiger partial charge in [-0.2, -0.15) is 0 Å². The van der Waals surface area contributed by atoms with Crippen molar-refractivity contribution < 1.29 is 22.0 Å². The quantitative estimate of drug-likeness (QED) is 0.613. The number of fused-ring (bicyclic) bond motifs is 1. The lowest BCUT2D eigenvalue weighted by Crippen LogP contribution is -2.34. The van der Waals surface area contributed by atoms with E-state index in [4.69, 9.17) is 4.42 Å². The van der Waals surface area contributed by atoms with Crippen LogP contribution in [0.4, 0.5) is 15.8 Å². The van der Waals surface area contributed by atoms with Crippen LogP contribution in [0.3, 0.4) is 0 Å². The largest absolute Gasteiger partial charge is 0.467 e. The lowest BCUT2D eigenvalue weighted by Gasteiger charge is -2.30. The van der Waals surface area contributed by atoms with Gasteiger partial charge in [-0.3, -0.25) is 9.10 Å². The molecule has 0 unspecified atom stereocenters. The summed E-state index contributed by atoms with van der Waals surface area (Å²) in [5, 5.41) is 0. The molecule has 2 aromatic carbocycles. The molecular formula is C22H21FN2O4S. The van der Waals surface area contributed by atoms with Crippen LogP contribution in [0.5, 0.6) is 0 Å². The highest BCUT2D eigenvalue weighted by molar-refractivity contribution is 7.92. The van der Waals surface area contributed by atoms with E-state index < -0.39 is 15.8 Å². The zero-order valence-electron chi connectivity index (χ0n) is 16.4. The number of rotatable bonds is 5. The second kappa shape index (κ2) is 7.95. The molecule has 3 aromatic rings. The summed E-state index contributed by atoms with van der Waals surface area (Å²) in [5.74, 6) is -0.0619. The van der Waals surface area contributed by atoms with E-state index in [9.17, 15) is 17.6 Å². The van der Waals surface area contributed by atoms with Gasteiger partial charge in [0.15, 0.2) is 0 Å². The highest BCUT2D eigenvalue weighted by atomic mass is 32.2. The number of hydrogen-bond acceptors (Lipinski definition) is 4. The summed E-state index contributed by atoms with van der Waals surface area (Å²) in [5.41, 5.74) is 1.89. The molecule has 1 aliphatic rings. The van der Waals surface area contributed by atoms with Gasteiger partial charge in [-0.15, -0.1) is 0 Å². The lowest BCUT2D eigenvalue weighted by atomic mass is 10.0. The van der Waals surface area contributed by atoms with Crippen LogP contribution >= 0.6 is 0 Å². The van der Waals surface area contributed by atoms with Gasteiger partial charge in [-0.05, 0) is 73.0 Å². The molecule has 2 heterocycles. The second-order valence-electron chi connectivity index (χ2n) is 7.13. The number of aryl methyl sites for hydroxylation is 1. The number of carbonyl (C=O) groups is 1. The number of benzene rings is 2. The molecule has 0 atom stereocenters. The van der Waals surface area contributed by atoms with E-state index in [1.807, 2.05) is 0 Å². The summed E-state index contributed by atoms with van der Waals surface area (Å²) in [7, 11) is -3.97. The first-order valence-corrected chi connectivity index (χ1v) is 11.0. The first-order chi connectivity index (χ1) is 14.4. The van der Waals surface area contributed by atoms with Gasteiger partial charge in [0.25, 0.3) is 10.0 Å². The summed E-state index contributed by atoms with van der Waals surface area (Å²) in [4.78, 5) is 13.7. The van der Waals surface area contributed by atoms with Gasteiger partial charge in [-0.1, -0.05) is 0 Å². The number of sulfonamides is 1. The number of carbonyl (C=O) groups excluding carboxylic acids is 1. The van der Waals surface area contributed by atoms with Gasteiger partial charge in [0.2, 0.25) is 5.91 Å². The van der Waals surface area contributed by atoms with Gasteiger partial charge in [0, 0.05) is 19.2 Å². The number of nitrogens with zero attached hydrogens (tertiary/aromatic N) is 2. The molecule has 156 valence electrons. The minimum Gasteiger partial charge on any atom is -0.467 e. The Morgan fingerprint density at radius 2 is 1.93 bits per heavy atom. The van der Waals surface area contributed by atoms with E-state index >= 15 is 0 Å². The maximum atomic E-state index is 13.6. The average Bonchev–Trinajstić information content (AvgIpc) is 3.25. The third-order valence-corrected chi connectivity index (χ3v) is 6.90. The van der Waals surface area contributed by atoms with Gasteiger partial charge >= 0.3 is 0 Å². The molecule has 30 heavy (non-hydrogen) atoms. The van der Waals surface area contributed by atoms with Crippen LogP contribution < -0.4 is 9.21 Å². The molecule has 4 rings (SSSR count). The van der Waals surface area contributed by atoms with Crippen molar-refractivity contribution >= 4 is 27.3 Å². The van der Waals surface area contributed by atoms with Crippen molar-refractivity contribution in [1.29, 1.82) is 0 Å². The molecule has 8 heteroatoms. The predicted molar refractivity (Wildman–Crippen MR) is 111 cm³/mol. The molecular weight excluding hydrogens is 407 g/mol. The van der Waals surface area contributed by atoms with Crippen molar-refractivity contribution in [2.45, 2.75) is 31.2 Å². The summed E-state index contributed by atoms with van der Waals surface area (Å²) in [6.45, 7) is 2.09. The molecule has 0 N–H and O–H groups in total. The maximum Gasteiger partial charge on any atom is 0.264 e. The summed E-state index contributed by atoms with van der Waals surface area (Å²) in [6.07, 6.45) is 2.93. The zero-order valence-corrected chi connectivity index (χ0v) is 17.2. The third-order valence-electron chi connectivity index (χ3n) is 5.13. The van der Waals surface area contributed by atoms with Crippen molar-refractivity contribution in [3.05, 3.63) is 78.0 Å². The van der Waals surface area contributed by atoms with Gasteiger partial charge < -0.3 is 9.32 Å². The van der Waals surface area contributed by atoms with Crippen LogP contribution in [0.2, 0.25) is 0 Å². The standard InChI is InChI=1S/C22H21FN2O4S/c1-16(26)24-12-2-4-17-14-21(10-11-22(17)24)30(27,28)25(15-20-5-3-13-29-20)19-8-6-18(23)7-9-19/h3,5-11,13-14H,2,4,12,15H2,1H3. The molecule has 0 spiro atoms. The summed E-state index contributed by atoms with van der Waals surface area (Å²) < 4.78 is 47.1. The molecule has 1 aliphatic heterocycles. The highest BCUT2D eigenvalue weighted by Crippen LogP contribution is 2.32. The minimum atomic E-state index is -3.97. The van der Waals surface area contributed by atoms with E-state index in [1.165, 1.54) is 47.8 Å². The second-order valence-corrected chi connectivity index (χ2v) is 8.99. The fourth-order valence-corrected chi connectivity index (χ4v) is 5.14. The zero-order chi connectivity index (χ0) is 21.3. The van der Waals surface area contributed by atoms with Crippen LogP contribution in [0.1, 0.15) is 24.7 Å². The smallest absolute Gasteiger partial charge is 0.264 e. The number of amides is 1. The minimum absolute atomic E-state index is 0.0301. The Balaban J connectivity index is 1.76. The topological polar surface area (TPSA) is 70.8 Å². The molecule has 0 bridgehead atoms. The number of furan rings is 1.